The summed E-state index contributed by atoms with van der Waals surface area (Å²) in [5.74, 6) is -0.0201. The van der Waals surface area contributed by atoms with Crippen LogP contribution in [0.25, 0.3) is 0 Å². The first-order chi connectivity index (χ1) is 12.3. The van der Waals surface area contributed by atoms with Crippen LogP contribution in [0.4, 0.5) is 5.69 Å². The Bertz CT molecular complexity index is 867. The van der Waals surface area contributed by atoms with Crippen LogP contribution < -0.4 is 14.8 Å². The second-order valence-corrected chi connectivity index (χ2v) is 7.79. The molecule has 0 fully saturated rings. The summed E-state index contributed by atoms with van der Waals surface area (Å²) in [6, 6.07) is 11.1. The van der Waals surface area contributed by atoms with Gasteiger partial charge in [0, 0.05) is 12.2 Å². The summed E-state index contributed by atoms with van der Waals surface area (Å²) in [7, 11) is -3.78. The average Bonchev–Trinajstić information content (AvgIpc) is 2.60. The number of aryl methyl sites for hydroxylation is 1. The number of nitrogens with one attached hydrogen (secondary N) is 2. The van der Waals surface area contributed by atoms with Crippen LogP contribution in [0.15, 0.2) is 47.4 Å². The summed E-state index contributed by atoms with van der Waals surface area (Å²) < 4.78 is 32.7. The van der Waals surface area contributed by atoms with Crippen LogP contribution in [0.5, 0.6) is 5.75 Å². The zero-order valence-corrected chi connectivity index (χ0v) is 16.2. The molecule has 0 aromatic heterocycles. The molecule has 0 radical (unpaired) electrons. The summed E-state index contributed by atoms with van der Waals surface area (Å²) in [5, 5.41) is 2.79. The van der Waals surface area contributed by atoms with E-state index in [0.717, 1.165) is 12.0 Å². The van der Waals surface area contributed by atoms with Crippen LogP contribution in [0.1, 0.15) is 18.9 Å². The Kier molecular flexibility index (Phi) is 6.88. The van der Waals surface area contributed by atoms with Crippen molar-refractivity contribution in [1.82, 2.24) is 5.32 Å². The predicted molar refractivity (Wildman–Crippen MR) is 102 cm³/mol. The number of anilines is 1. The van der Waals surface area contributed by atoms with Crippen LogP contribution in [-0.4, -0.2) is 27.5 Å². The standard InChI is InChI=1S/C18H21ClN2O4S/c1-3-10-20-18(22)12-25-17-9-8-15(11-16(17)19)26(23,24)21-14-6-4-13(2)5-7-14/h4-9,11,21H,3,10,12H2,1-2H3,(H,20,22). The third-order valence-electron chi connectivity index (χ3n) is 3.45. The Morgan fingerprint density at radius 2 is 1.85 bits per heavy atom. The van der Waals surface area contributed by atoms with E-state index in [9.17, 15) is 13.2 Å². The van der Waals surface area contributed by atoms with Crippen LogP contribution >= 0.6 is 11.6 Å². The lowest BCUT2D eigenvalue weighted by Crippen LogP contribution is -2.29. The number of sulfonamides is 1. The number of carbonyl (C=O) groups is 1. The van der Waals surface area contributed by atoms with Crippen molar-refractivity contribution in [3.8, 4) is 5.75 Å². The van der Waals surface area contributed by atoms with E-state index in [0.29, 0.717) is 12.2 Å². The maximum absolute atomic E-state index is 12.5. The van der Waals surface area contributed by atoms with Gasteiger partial charge in [-0.05, 0) is 43.7 Å². The molecule has 0 saturated heterocycles. The highest BCUT2D eigenvalue weighted by Crippen LogP contribution is 2.28. The molecule has 1 amide bonds. The number of rotatable bonds is 8. The molecular weight excluding hydrogens is 376 g/mol. The molecule has 0 bridgehead atoms. The van der Waals surface area contributed by atoms with Crippen LogP contribution in [-0.2, 0) is 14.8 Å². The van der Waals surface area contributed by atoms with Crippen molar-refractivity contribution in [2.45, 2.75) is 25.2 Å². The molecule has 140 valence electrons. The maximum Gasteiger partial charge on any atom is 0.261 e. The number of benzene rings is 2. The Hall–Kier alpha value is -2.25. The number of amides is 1. The molecule has 0 spiro atoms. The summed E-state index contributed by atoms with van der Waals surface area (Å²) in [5.41, 5.74) is 1.49. The molecular formula is C18H21ClN2O4S. The molecule has 0 aliphatic heterocycles. The zero-order valence-electron chi connectivity index (χ0n) is 14.6. The fourth-order valence-electron chi connectivity index (χ4n) is 2.06. The van der Waals surface area contributed by atoms with Gasteiger partial charge >= 0.3 is 0 Å². The molecule has 0 aliphatic rings. The molecule has 6 nitrogen and oxygen atoms in total. The molecule has 0 unspecified atom stereocenters. The van der Waals surface area contributed by atoms with Gasteiger partial charge in [0.15, 0.2) is 6.61 Å². The Morgan fingerprint density at radius 1 is 1.15 bits per heavy atom. The first-order valence-corrected chi connectivity index (χ1v) is 9.96. The van der Waals surface area contributed by atoms with Crippen molar-refractivity contribution >= 4 is 33.2 Å². The van der Waals surface area contributed by atoms with Crippen molar-refractivity contribution in [2.75, 3.05) is 17.9 Å². The van der Waals surface area contributed by atoms with E-state index < -0.39 is 10.0 Å². The minimum atomic E-state index is -3.78. The van der Waals surface area contributed by atoms with E-state index >= 15 is 0 Å². The normalized spacial score (nSPS) is 11.0. The minimum Gasteiger partial charge on any atom is -0.482 e. The lowest BCUT2D eigenvalue weighted by molar-refractivity contribution is -0.123. The van der Waals surface area contributed by atoms with E-state index in [4.69, 9.17) is 16.3 Å². The average molecular weight is 397 g/mol. The minimum absolute atomic E-state index is 0.00543. The third kappa shape index (κ3) is 5.64. The first-order valence-electron chi connectivity index (χ1n) is 8.10. The van der Waals surface area contributed by atoms with Gasteiger partial charge in [0.25, 0.3) is 15.9 Å². The van der Waals surface area contributed by atoms with Gasteiger partial charge in [-0.25, -0.2) is 8.42 Å². The van der Waals surface area contributed by atoms with Gasteiger partial charge in [0.2, 0.25) is 0 Å². The van der Waals surface area contributed by atoms with Gasteiger partial charge in [0.05, 0.1) is 9.92 Å². The van der Waals surface area contributed by atoms with Crippen molar-refractivity contribution in [2.24, 2.45) is 0 Å². The highest BCUT2D eigenvalue weighted by atomic mass is 35.5. The fraction of sp³-hybridized carbons (Fsp3) is 0.278. The Balaban J connectivity index is 2.07. The van der Waals surface area contributed by atoms with E-state index in [2.05, 4.69) is 10.0 Å². The topological polar surface area (TPSA) is 84.5 Å². The maximum atomic E-state index is 12.5. The van der Waals surface area contributed by atoms with Crippen LogP contribution in [0.3, 0.4) is 0 Å². The Morgan fingerprint density at radius 3 is 2.46 bits per heavy atom. The second-order valence-electron chi connectivity index (χ2n) is 5.70. The molecule has 0 heterocycles. The molecule has 2 aromatic carbocycles. The van der Waals surface area contributed by atoms with Crippen molar-refractivity contribution in [1.29, 1.82) is 0 Å². The van der Waals surface area contributed by atoms with Crippen LogP contribution in [0, 0.1) is 6.92 Å². The fourth-order valence-corrected chi connectivity index (χ4v) is 3.44. The molecule has 26 heavy (non-hydrogen) atoms. The van der Waals surface area contributed by atoms with Crippen LogP contribution in [0.2, 0.25) is 5.02 Å². The Labute approximate surface area is 158 Å². The molecule has 2 rings (SSSR count). The van der Waals surface area contributed by atoms with E-state index in [-0.39, 0.29) is 28.2 Å². The highest BCUT2D eigenvalue weighted by Gasteiger charge is 2.17. The molecule has 0 aliphatic carbocycles. The van der Waals surface area contributed by atoms with Crippen molar-refractivity contribution < 1.29 is 17.9 Å². The molecule has 2 N–H and O–H groups in total. The summed E-state index contributed by atoms with van der Waals surface area (Å²) in [6.45, 7) is 4.24. The van der Waals surface area contributed by atoms with Crippen molar-refractivity contribution in [3.05, 3.63) is 53.1 Å². The lowest BCUT2D eigenvalue weighted by atomic mass is 10.2. The third-order valence-corrected chi connectivity index (χ3v) is 5.12. The van der Waals surface area contributed by atoms with E-state index in [1.807, 2.05) is 26.0 Å². The smallest absolute Gasteiger partial charge is 0.261 e. The van der Waals surface area contributed by atoms with Gasteiger partial charge in [-0.1, -0.05) is 36.2 Å². The van der Waals surface area contributed by atoms with Gasteiger partial charge in [-0.15, -0.1) is 0 Å². The monoisotopic (exact) mass is 396 g/mol. The summed E-state index contributed by atoms with van der Waals surface area (Å²) in [4.78, 5) is 11.6. The van der Waals surface area contributed by atoms with E-state index in [1.54, 1.807) is 12.1 Å². The molecule has 0 atom stereocenters. The number of carbonyl (C=O) groups excluding carboxylic acids is 1. The highest BCUT2D eigenvalue weighted by molar-refractivity contribution is 7.92. The number of hydrogen-bond donors (Lipinski definition) is 2. The van der Waals surface area contributed by atoms with Gasteiger partial charge in [-0.2, -0.15) is 0 Å². The quantitative estimate of drug-likeness (QED) is 0.716. The largest absolute Gasteiger partial charge is 0.482 e. The molecule has 0 saturated carbocycles. The number of halogens is 1. The number of ether oxygens (including phenoxy) is 1. The van der Waals surface area contributed by atoms with E-state index in [1.165, 1.54) is 18.2 Å². The summed E-state index contributed by atoms with van der Waals surface area (Å²) >= 11 is 6.10. The van der Waals surface area contributed by atoms with Crippen molar-refractivity contribution in [3.63, 3.8) is 0 Å². The predicted octanol–water partition coefficient (Wildman–Crippen LogP) is 3.35. The van der Waals surface area contributed by atoms with Gasteiger partial charge in [0.1, 0.15) is 5.75 Å². The van der Waals surface area contributed by atoms with Gasteiger partial charge < -0.3 is 10.1 Å². The lowest BCUT2D eigenvalue weighted by Gasteiger charge is -2.11. The SMILES string of the molecule is CCCNC(=O)COc1ccc(S(=O)(=O)Nc2ccc(C)cc2)cc1Cl. The summed E-state index contributed by atoms with van der Waals surface area (Å²) in [6.07, 6.45) is 0.826. The number of hydrogen-bond acceptors (Lipinski definition) is 4. The second kappa shape index (κ2) is 8.91. The van der Waals surface area contributed by atoms with Gasteiger partial charge in [-0.3, -0.25) is 9.52 Å². The molecule has 8 heteroatoms. The molecule has 2 aromatic rings. The zero-order chi connectivity index (χ0) is 19.2. The first kappa shape index (κ1) is 20.1.